The molecule has 0 rings (SSSR count). The van der Waals surface area contributed by atoms with Gasteiger partial charge in [0.25, 0.3) is 0 Å². The summed E-state index contributed by atoms with van der Waals surface area (Å²) in [4.78, 5) is 0. The summed E-state index contributed by atoms with van der Waals surface area (Å²) in [5.74, 6) is 0. The summed E-state index contributed by atoms with van der Waals surface area (Å²) in [7, 11) is 3.42. The molecule has 0 aliphatic rings. The lowest BCUT2D eigenvalue weighted by molar-refractivity contribution is -0.237. The van der Waals surface area contributed by atoms with Gasteiger partial charge in [-0.3, -0.25) is 4.39 Å². The van der Waals surface area contributed by atoms with Crippen molar-refractivity contribution in [3.05, 3.63) is 0 Å². The molecule has 0 fully saturated rings. The lowest BCUT2D eigenvalue weighted by Gasteiger charge is -2.10. The number of halogens is 11. The Labute approximate surface area is 166 Å². The lowest BCUT2D eigenvalue weighted by atomic mass is 10.8. The van der Waals surface area contributed by atoms with Gasteiger partial charge in [-0.1, -0.05) is 0 Å². The molecule has 0 aromatic rings. The monoisotopic (exact) mass is 486 g/mol. The maximum absolute atomic E-state index is 10.9. The van der Waals surface area contributed by atoms with Crippen molar-refractivity contribution in [2.45, 2.75) is 33.0 Å². The van der Waals surface area contributed by atoms with E-state index in [4.69, 9.17) is 4.43 Å². The van der Waals surface area contributed by atoms with E-state index in [1.165, 1.54) is 21.1 Å². The zero-order valence-electron chi connectivity index (χ0n) is 17.6. The van der Waals surface area contributed by atoms with Crippen LogP contribution in [0.15, 0.2) is 0 Å². The zero-order chi connectivity index (χ0) is 25.4. The Balaban J connectivity index is -0.0000000397. The van der Waals surface area contributed by atoms with E-state index in [9.17, 15) is 48.3 Å². The third-order valence-corrected chi connectivity index (χ3v) is 2.23. The first-order valence-electron chi connectivity index (χ1n) is 7.34. The molecule has 0 atom stereocenters. The second-order valence-electron chi connectivity index (χ2n) is 4.29. The van der Waals surface area contributed by atoms with Gasteiger partial charge in [0.15, 0.2) is 15.2 Å². The minimum atomic E-state index is -5.50. The highest BCUT2D eigenvalue weighted by atomic mass is 28.4. The van der Waals surface area contributed by atoms with Crippen molar-refractivity contribution in [3.8, 4) is 0 Å². The first kappa shape index (κ1) is 46.5. The van der Waals surface area contributed by atoms with E-state index in [1.54, 1.807) is 7.11 Å². The third-order valence-electron chi connectivity index (χ3n) is 1.00. The van der Waals surface area contributed by atoms with Crippen molar-refractivity contribution < 1.29 is 62.2 Å². The first-order chi connectivity index (χ1) is 13.1. The van der Waals surface area contributed by atoms with Crippen LogP contribution in [0.4, 0.5) is 48.3 Å². The summed E-state index contributed by atoms with van der Waals surface area (Å²) in [6.07, 6.45) is -5.50. The fraction of sp³-hybridized carbons (Fsp3) is 1.00. The first-order valence-corrected chi connectivity index (χ1v) is 10.7. The zero-order valence-corrected chi connectivity index (χ0v) is 18.6. The number of rotatable bonds is 4. The Morgan fingerprint density at radius 1 is 0.690 bits per heavy atom. The minimum Gasteiger partial charge on any atom is -0.421 e. The van der Waals surface area contributed by atoms with Crippen molar-refractivity contribution in [2.75, 3.05) is 62.0 Å². The van der Waals surface area contributed by atoms with Crippen molar-refractivity contribution in [1.82, 2.24) is 0 Å². The van der Waals surface area contributed by atoms with Gasteiger partial charge in [0, 0.05) is 21.3 Å². The maximum atomic E-state index is 10.9. The van der Waals surface area contributed by atoms with Crippen LogP contribution >= 0.6 is 0 Å². The summed E-state index contributed by atoms with van der Waals surface area (Å²) in [5, 5.41) is 0. The third kappa shape index (κ3) is 618. The molecule has 0 radical (unpaired) electrons. The topological polar surface area (TPSA) is 27.7 Å². The Kier molecular flexibility index (Phi) is 73.5. The van der Waals surface area contributed by atoms with Crippen LogP contribution < -0.4 is 0 Å². The van der Waals surface area contributed by atoms with Crippen molar-refractivity contribution >= 4 is 8.32 Å². The molecular formula is C14H33F11O3Si. The van der Waals surface area contributed by atoms with Gasteiger partial charge >= 0.3 is 6.43 Å². The Morgan fingerprint density at radius 2 is 0.862 bits per heavy atom. The molecular weight excluding hydrogens is 453 g/mol. The molecule has 0 amide bonds. The molecule has 0 saturated heterocycles. The number of ether oxygens (including phenoxy) is 2. The van der Waals surface area contributed by atoms with Crippen molar-refractivity contribution in [2.24, 2.45) is 0 Å². The molecule has 0 aliphatic carbocycles. The molecule has 0 bridgehead atoms. The molecule has 0 aromatic heterocycles. The summed E-state index contributed by atoms with van der Waals surface area (Å²) in [6, 6.07) is 0. The molecule has 0 N–H and O–H groups in total. The summed E-state index contributed by atoms with van der Waals surface area (Å²) in [6.45, 7) is 3.35. The van der Waals surface area contributed by atoms with Crippen LogP contribution in [0.25, 0.3) is 0 Å². The predicted molar refractivity (Wildman–Crippen MR) is 94.2 cm³/mol. The highest BCUT2D eigenvalue weighted by molar-refractivity contribution is 6.69. The second kappa shape index (κ2) is 45.8. The van der Waals surface area contributed by atoms with Gasteiger partial charge in [-0.05, 0) is 26.6 Å². The SMILES string of the molecule is CCF.COCCF.COCF.CO[Si](C)(C)C.FC(F)(F)F.FCF.FCF. The van der Waals surface area contributed by atoms with Crippen LogP contribution in [0.1, 0.15) is 6.92 Å². The van der Waals surface area contributed by atoms with Crippen LogP contribution in [-0.4, -0.2) is 76.8 Å². The van der Waals surface area contributed by atoms with E-state index >= 15 is 0 Å². The average Bonchev–Trinajstić information content (AvgIpc) is 2.56. The van der Waals surface area contributed by atoms with Crippen LogP contribution in [0.2, 0.25) is 19.6 Å². The lowest BCUT2D eigenvalue weighted by Crippen LogP contribution is -2.22. The van der Waals surface area contributed by atoms with Crippen LogP contribution in [0, 0.1) is 0 Å². The van der Waals surface area contributed by atoms with Gasteiger partial charge in [0.1, 0.15) is 6.67 Å². The Bertz CT molecular complexity index is 195. The molecule has 29 heavy (non-hydrogen) atoms. The molecule has 0 aliphatic heterocycles. The largest absolute Gasteiger partial charge is 0.559 e. The van der Waals surface area contributed by atoms with Gasteiger partial charge in [-0.25, -0.2) is 26.3 Å². The Morgan fingerprint density at radius 3 is 0.862 bits per heavy atom. The number of hydrogen-bond donors (Lipinski definition) is 0. The molecule has 0 saturated carbocycles. The molecule has 3 nitrogen and oxygen atoms in total. The van der Waals surface area contributed by atoms with Crippen LogP contribution in [-0.2, 0) is 13.9 Å². The summed E-state index contributed by atoms with van der Waals surface area (Å²) < 4.78 is 122. The van der Waals surface area contributed by atoms with Gasteiger partial charge in [0.05, 0.1) is 13.3 Å². The summed E-state index contributed by atoms with van der Waals surface area (Å²) in [5.41, 5.74) is 0. The molecule has 0 heterocycles. The van der Waals surface area contributed by atoms with Crippen LogP contribution in [0.3, 0.4) is 0 Å². The predicted octanol–water partition coefficient (Wildman–Crippen LogP) is 6.85. The standard InChI is InChI=1S/C4H12OSi.C3H7FO.C2H5FO.C2H5F.CF4.2CH2F2/c1-5-6(2,3)4;1-5-3-2-4;1-4-2-3;1-2-3;2-1(3,4)5;2*2-1-3/h1-4H3;2-3H2,1H3;2H2,1H3;2H2,1H3;;2*1H2. The van der Waals surface area contributed by atoms with Gasteiger partial charge in [0.2, 0.25) is 13.9 Å². The van der Waals surface area contributed by atoms with Crippen molar-refractivity contribution in [1.29, 1.82) is 0 Å². The molecule has 15 heteroatoms. The van der Waals surface area contributed by atoms with E-state index in [0.717, 1.165) is 0 Å². The number of methoxy groups -OCH3 is 2. The second-order valence-corrected chi connectivity index (χ2v) is 8.93. The number of hydrogen-bond acceptors (Lipinski definition) is 3. The minimum absolute atomic E-state index is 0.222. The fourth-order valence-corrected chi connectivity index (χ4v) is 0.0772. The van der Waals surface area contributed by atoms with E-state index in [2.05, 4.69) is 29.1 Å². The molecule has 0 spiro atoms. The fourth-order valence-electron chi connectivity index (χ4n) is 0.0772. The number of alkyl halides is 11. The van der Waals surface area contributed by atoms with Crippen LogP contribution in [0.5, 0.6) is 0 Å². The maximum Gasteiger partial charge on any atom is 0.559 e. The van der Waals surface area contributed by atoms with E-state index in [1.807, 2.05) is 0 Å². The van der Waals surface area contributed by atoms with Gasteiger partial charge < -0.3 is 13.9 Å². The molecule has 0 unspecified atom stereocenters. The van der Waals surface area contributed by atoms with E-state index in [0.29, 0.717) is 0 Å². The summed E-state index contributed by atoms with van der Waals surface area (Å²) >= 11 is 0. The molecule has 0 aromatic carbocycles. The van der Waals surface area contributed by atoms with Gasteiger partial charge in [-0.2, -0.15) is 0 Å². The van der Waals surface area contributed by atoms with E-state index in [-0.39, 0.29) is 20.0 Å². The average molecular weight is 486 g/mol. The highest BCUT2D eigenvalue weighted by Crippen LogP contribution is 2.13. The quantitative estimate of drug-likeness (QED) is 0.321. The van der Waals surface area contributed by atoms with Gasteiger partial charge in [-0.15, -0.1) is 17.6 Å². The van der Waals surface area contributed by atoms with E-state index < -0.39 is 35.5 Å². The normalized spacial score (nSPS) is 8.90. The smallest absolute Gasteiger partial charge is 0.421 e. The highest BCUT2D eigenvalue weighted by Gasteiger charge is 2.24. The Hall–Kier alpha value is -0.673. The molecule has 188 valence electrons. The van der Waals surface area contributed by atoms with Crippen molar-refractivity contribution in [3.63, 3.8) is 0 Å².